The molecule has 0 aliphatic rings. The van der Waals surface area contributed by atoms with Gasteiger partial charge in [-0.1, -0.05) is 62.4 Å². The first kappa shape index (κ1) is 32.3. The van der Waals surface area contributed by atoms with Gasteiger partial charge < -0.3 is 37.5 Å². The van der Waals surface area contributed by atoms with Gasteiger partial charge in [-0.25, -0.2) is 4.79 Å². The smallest absolute Gasteiger partial charge is 0.326 e. The van der Waals surface area contributed by atoms with Crippen LogP contribution in [0.2, 0.25) is 0 Å². The van der Waals surface area contributed by atoms with Gasteiger partial charge in [0.25, 0.3) is 0 Å². The standard InChI is InChI=1S/C31H42N6O5/c1-19(2)27(33)30(40)37-25(16-20-10-4-3-5-11-20)28(38)36-26(17-21-18-34-23-13-7-6-12-22(21)23)29(39)35-24(31(41)42)14-8-9-15-32/h3-7,10-13,18-19,24-27,34H,8-9,14-17,32-33H2,1-2H3,(H,35,39)(H,36,38)(H,37,40)(H,41,42). The molecule has 0 bridgehead atoms. The molecular weight excluding hydrogens is 536 g/mol. The molecule has 3 rings (SSSR count). The van der Waals surface area contributed by atoms with E-state index in [0.717, 1.165) is 22.0 Å². The molecule has 11 nitrogen and oxygen atoms in total. The number of unbranched alkanes of at least 4 members (excludes halogenated alkanes) is 1. The summed E-state index contributed by atoms with van der Waals surface area (Å²) in [5, 5.41) is 18.7. The van der Waals surface area contributed by atoms with Crippen LogP contribution in [0.5, 0.6) is 0 Å². The van der Waals surface area contributed by atoms with E-state index in [9.17, 15) is 24.3 Å². The molecule has 0 aliphatic heterocycles. The average Bonchev–Trinajstić information content (AvgIpc) is 3.38. The van der Waals surface area contributed by atoms with Crippen LogP contribution in [0.4, 0.5) is 0 Å². The number of para-hydroxylation sites is 1. The summed E-state index contributed by atoms with van der Waals surface area (Å²) in [4.78, 5) is 55.3. The van der Waals surface area contributed by atoms with Gasteiger partial charge in [0.05, 0.1) is 6.04 Å². The molecule has 0 aliphatic carbocycles. The van der Waals surface area contributed by atoms with E-state index in [0.29, 0.717) is 19.4 Å². The minimum Gasteiger partial charge on any atom is -0.480 e. The van der Waals surface area contributed by atoms with Gasteiger partial charge in [0.15, 0.2) is 0 Å². The van der Waals surface area contributed by atoms with Crippen LogP contribution in [-0.4, -0.2) is 64.5 Å². The summed E-state index contributed by atoms with van der Waals surface area (Å²) in [6.07, 6.45) is 3.36. The predicted octanol–water partition coefficient (Wildman–Crippen LogP) is 1.60. The van der Waals surface area contributed by atoms with Crippen LogP contribution in [0, 0.1) is 5.92 Å². The molecule has 0 spiro atoms. The van der Waals surface area contributed by atoms with Crippen LogP contribution in [0.3, 0.4) is 0 Å². The normalized spacial score (nSPS) is 14.1. The fraction of sp³-hybridized carbons (Fsp3) is 0.419. The summed E-state index contributed by atoms with van der Waals surface area (Å²) in [5.41, 5.74) is 14.0. The maximum atomic E-state index is 13.7. The zero-order chi connectivity index (χ0) is 30.6. The molecule has 1 heterocycles. The van der Waals surface area contributed by atoms with Crippen molar-refractivity contribution >= 4 is 34.6 Å². The SMILES string of the molecule is CC(C)C(N)C(=O)NC(Cc1ccccc1)C(=O)NC(Cc1c[nH]c2ccccc12)C(=O)NC(CCCCN)C(=O)O. The van der Waals surface area contributed by atoms with E-state index in [1.54, 1.807) is 6.20 Å². The Balaban J connectivity index is 1.88. The number of fused-ring (bicyclic) bond motifs is 1. The van der Waals surface area contributed by atoms with Crippen molar-refractivity contribution in [3.63, 3.8) is 0 Å². The van der Waals surface area contributed by atoms with Crippen molar-refractivity contribution in [1.29, 1.82) is 0 Å². The van der Waals surface area contributed by atoms with Gasteiger partial charge in [0, 0.05) is 29.9 Å². The zero-order valence-electron chi connectivity index (χ0n) is 24.1. The lowest BCUT2D eigenvalue weighted by Gasteiger charge is -2.26. The second-order valence-electron chi connectivity index (χ2n) is 10.8. The van der Waals surface area contributed by atoms with E-state index < -0.39 is 47.9 Å². The third-order valence-electron chi connectivity index (χ3n) is 7.23. The van der Waals surface area contributed by atoms with Gasteiger partial charge in [-0.2, -0.15) is 0 Å². The third kappa shape index (κ3) is 9.15. The molecule has 3 amide bonds. The zero-order valence-corrected chi connectivity index (χ0v) is 24.1. The number of aromatic amines is 1. The fourth-order valence-electron chi connectivity index (χ4n) is 4.65. The number of benzene rings is 2. The van der Waals surface area contributed by atoms with Crippen LogP contribution in [0.15, 0.2) is 60.8 Å². The van der Waals surface area contributed by atoms with Crippen LogP contribution < -0.4 is 27.4 Å². The number of hydrogen-bond donors (Lipinski definition) is 7. The number of nitrogens with two attached hydrogens (primary N) is 2. The van der Waals surface area contributed by atoms with Crippen LogP contribution in [0.25, 0.3) is 10.9 Å². The van der Waals surface area contributed by atoms with Crippen LogP contribution in [0.1, 0.15) is 44.2 Å². The van der Waals surface area contributed by atoms with Crippen molar-refractivity contribution in [2.45, 2.75) is 70.1 Å². The fourth-order valence-corrected chi connectivity index (χ4v) is 4.65. The molecule has 3 aromatic rings. The van der Waals surface area contributed by atoms with Gasteiger partial charge in [-0.05, 0) is 48.9 Å². The Bertz CT molecular complexity index is 1340. The lowest BCUT2D eigenvalue weighted by Crippen LogP contribution is -2.58. The highest BCUT2D eigenvalue weighted by atomic mass is 16.4. The summed E-state index contributed by atoms with van der Waals surface area (Å²) in [6, 6.07) is 12.6. The summed E-state index contributed by atoms with van der Waals surface area (Å²) in [5.74, 6) is -3.03. The van der Waals surface area contributed by atoms with Gasteiger partial charge in [0.2, 0.25) is 17.7 Å². The highest BCUT2D eigenvalue weighted by molar-refractivity contribution is 5.95. The molecule has 2 aromatic carbocycles. The highest BCUT2D eigenvalue weighted by Gasteiger charge is 2.31. The van der Waals surface area contributed by atoms with Crippen molar-refractivity contribution < 1.29 is 24.3 Å². The minimum atomic E-state index is -1.17. The van der Waals surface area contributed by atoms with Crippen molar-refractivity contribution in [3.8, 4) is 0 Å². The third-order valence-corrected chi connectivity index (χ3v) is 7.23. The number of aromatic nitrogens is 1. The first-order chi connectivity index (χ1) is 20.1. The molecule has 0 radical (unpaired) electrons. The summed E-state index contributed by atoms with van der Waals surface area (Å²) < 4.78 is 0. The second-order valence-corrected chi connectivity index (χ2v) is 10.8. The Labute approximate surface area is 245 Å². The number of H-pyrrole nitrogens is 1. The molecule has 0 fully saturated rings. The molecular formula is C31H42N6O5. The topological polar surface area (TPSA) is 192 Å². The molecule has 0 saturated carbocycles. The Hall–Kier alpha value is -4.22. The Morgan fingerprint density at radius 1 is 0.810 bits per heavy atom. The molecule has 4 unspecified atom stereocenters. The van der Waals surface area contributed by atoms with Gasteiger partial charge in [0.1, 0.15) is 18.1 Å². The number of rotatable bonds is 16. The maximum Gasteiger partial charge on any atom is 0.326 e. The molecule has 9 N–H and O–H groups in total. The van der Waals surface area contributed by atoms with E-state index in [2.05, 4.69) is 20.9 Å². The Morgan fingerprint density at radius 3 is 2.05 bits per heavy atom. The maximum absolute atomic E-state index is 13.7. The number of carbonyl (C=O) groups excluding carboxylic acids is 3. The number of carbonyl (C=O) groups is 4. The second kappa shape index (κ2) is 15.7. The number of amides is 3. The van der Waals surface area contributed by atoms with Gasteiger partial charge >= 0.3 is 5.97 Å². The number of nitrogens with one attached hydrogen (secondary N) is 4. The molecule has 226 valence electrons. The van der Waals surface area contributed by atoms with Gasteiger partial charge in [-0.3, -0.25) is 14.4 Å². The first-order valence-corrected chi connectivity index (χ1v) is 14.3. The average molecular weight is 579 g/mol. The van der Waals surface area contributed by atoms with Crippen molar-refractivity contribution in [1.82, 2.24) is 20.9 Å². The molecule has 0 saturated heterocycles. The summed E-state index contributed by atoms with van der Waals surface area (Å²) in [7, 11) is 0. The predicted molar refractivity (Wildman–Crippen MR) is 161 cm³/mol. The first-order valence-electron chi connectivity index (χ1n) is 14.3. The largest absolute Gasteiger partial charge is 0.480 e. The number of carboxylic acids is 1. The van der Waals surface area contributed by atoms with E-state index in [-0.39, 0.29) is 25.2 Å². The van der Waals surface area contributed by atoms with Crippen LogP contribution in [-0.2, 0) is 32.0 Å². The Morgan fingerprint density at radius 2 is 1.40 bits per heavy atom. The summed E-state index contributed by atoms with van der Waals surface area (Å²) >= 11 is 0. The summed E-state index contributed by atoms with van der Waals surface area (Å²) in [6.45, 7) is 4.03. The molecule has 1 aromatic heterocycles. The molecule has 4 atom stereocenters. The monoisotopic (exact) mass is 578 g/mol. The number of aliphatic carboxylic acids is 1. The number of hydrogen-bond acceptors (Lipinski definition) is 6. The van der Waals surface area contributed by atoms with Crippen LogP contribution >= 0.6 is 0 Å². The van der Waals surface area contributed by atoms with E-state index in [1.807, 2.05) is 68.4 Å². The minimum absolute atomic E-state index is 0.0915. The van der Waals surface area contributed by atoms with Crippen molar-refractivity contribution in [2.24, 2.45) is 17.4 Å². The molecule has 42 heavy (non-hydrogen) atoms. The highest BCUT2D eigenvalue weighted by Crippen LogP contribution is 2.19. The van der Waals surface area contributed by atoms with Crippen molar-refractivity contribution in [3.05, 3.63) is 71.9 Å². The lowest BCUT2D eigenvalue weighted by atomic mass is 10.00. The van der Waals surface area contributed by atoms with E-state index in [4.69, 9.17) is 11.5 Å². The lowest BCUT2D eigenvalue weighted by molar-refractivity contribution is -0.142. The van der Waals surface area contributed by atoms with Gasteiger partial charge in [-0.15, -0.1) is 0 Å². The quantitative estimate of drug-likeness (QED) is 0.125. The van der Waals surface area contributed by atoms with E-state index >= 15 is 0 Å². The van der Waals surface area contributed by atoms with E-state index in [1.165, 1.54) is 0 Å². The number of carboxylic acid groups (broad SMARTS) is 1. The van der Waals surface area contributed by atoms with Crippen molar-refractivity contribution in [2.75, 3.05) is 6.54 Å². The Kier molecular flexibility index (Phi) is 12.1. The molecule has 11 heteroatoms.